The molecule has 1 aliphatic rings. The molecule has 7 heteroatoms. The Balaban J connectivity index is 1.59. The van der Waals surface area contributed by atoms with Gasteiger partial charge in [0.15, 0.2) is 0 Å². The first kappa shape index (κ1) is 17.6. The van der Waals surface area contributed by atoms with Gasteiger partial charge >= 0.3 is 0 Å². The van der Waals surface area contributed by atoms with Gasteiger partial charge < -0.3 is 14.7 Å². The lowest BCUT2D eigenvalue weighted by molar-refractivity contribution is -0.0163. The standard InChI is InChI=1S/C18H20ClN3O3/c19-15-3-1-4-16(9-15)25-12-18(24)5-2-7-22(8-6-18)17(23)14-10-20-13-21-11-14/h1,3-4,9-11,13,24H,2,5-8,12H2. The van der Waals surface area contributed by atoms with E-state index in [4.69, 9.17) is 16.3 Å². The van der Waals surface area contributed by atoms with E-state index in [1.807, 2.05) is 0 Å². The highest BCUT2D eigenvalue weighted by molar-refractivity contribution is 6.30. The van der Waals surface area contributed by atoms with Crippen molar-refractivity contribution in [3.05, 3.63) is 53.6 Å². The zero-order valence-corrected chi connectivity index (χ0v) is 14.5. The second-order valence-electron chi connectivity index (χ2n) is 6.24. The average molecular weight is 362 g/mol. The number of carbonyl (C=O) groups excluding carboxylic acids is 1. The molecule has 1 unspecified atom stereocenters. The van der Waals surface area contributed by atoms with Crippen molar-refractivity contribution >= 4 is 17.5 Å². The second-order valence-corrected chi connectivity index (χ2v) is 6.68. The Hall–Kier alpha value is -2.18. The number of amides is 1. The van der Waals surface area contributed by atoms with E-state index in [-0.39, 0.29) is 12.5 Å². The Bertz CT molecular complexity index is 729. The van der Waals surface area contributed by atoms with Crippen LogP contribution in [0.4, 0.5) is 0 Å². The molecule has 132 valence electrons. The van der Waals surface area contributed by atoms with Crippen molar-refractivity contribution in [1.82, 2.24) is 14.9 Å². The van der Waals surface area contributed by atoms with Gasteiger partial charge in [-0.25, -0.2) is 9.97 Å². The van der Waals surface area contributed by atoms with E-state index in [1.165, 1.54) is 18.7 Å². The van der Waals surface area contributed by atoms with Crippen LogP contribution in [-0.4, -0.2) is 51.2 Å². The van der Waals surface area contributed by atoms with Crippen molar-refractivity contribution in [2.45, 2.75) is 24.9 Å². The maximum absolute atomic E-state index is 12.5. The van der Waals surface area contributed by atoms with E-state index in [0.717, 1.165) is 0 Å². The monoisotopic (exact) mass is 361 g/mol. The van der Waals surface area contributed by atoms with Crippen LogP contribution in [0.3, 0.4) is 0 Å². The van der Waals surface area contributed by atoms with E-state index in [1.54, 1.807) is 29.2 Å². The average Bonchev–Trinajstić information content (AvgIpc) is 2.83. The molecule has 1 aromatic heterocycles. The van der Waals surface area contributed by atoms with Gasteiger partial charge in [-0.2, -0.15) is 0 Å². The highest BCUT2D eigenvalue weighted by atomic mass is 35.5. The molecule has 3 rings (SSSR count). The van der Waals surface area contributed by atoms with Crippen LogP contribution in [-0.2, 0) is 0 Å². The third-order valence-electron chi connectivity index (χ3n) is 4.32. The predicted octanol–water partition coefficient (Wildman–Crippen LogP) is 2.57. The maximum Gasteiger partial charge on any atom is 0.256 e. The van der Waals surface area contributed by atoms with Crippen molar-refractivity contribution in [3.8, 4) is 5.75 Å². The summed E-state index contributed by atoms with van der Waals surface area (Å²) in [6, 6.07) is 7.09. The van der Waals surface area contributed by atoms with E-state index in [9.17, 15) is 9.90 Å². The number of ether oxygens (including phenoxy) is 1. The number of hydrogen-bond acceptors (Lipinski definition) is 5. The first-order valence-electron chi connectivity index (χ1n) is 8.21. The van der Waals surface area contributed by atoms with Crippen LogP contribution >= 0.6 is 11.6 Å². The number of nitrogens with zero attached hydrogens (tertiary/aromatic N) is 3. The first-order chi connectivity index (χ1) is 12.1. The van der Waals surface area contributed by atoms with Crippen molar-refractivity contribution in [2.75, 3.05) is 19.7 Å². The number of benzene rings is 1. The largest absolute Gasteiger partial charge is 0.491 e. The first-order valence-corrected chi connectivity index (χ1v) is 8.59. The van der Waals surface area contributed by atoms with Gasteiger partial charge in [-0.1, -0.05) is 17.7 Å². The normalized spacial score (nSPS) is 20.8. The smallest absolute Gasteiger partial charge is 0.256 e. The van der Waals surface area contributed by atoms with Gasteiger partial charge in [-0.05, 0) is 37.5 Å². The van der Waals surface area contributed by atoms with Crippen molar-refractivity contribution in [2.24, 2.45) is 0 Å². The fourth-order valence-corrected chi connectivity index (χ4v) is 3.07. The number of hydrogen-bond donors (Lipinski definition) is 1. The van der Waals surface area contributed by atoms with Gasteiger partial charge in [0.25, 0.3) is 5.91 Å². The summed E-state index contributed by atoms with van der Waals surface area (Å²) in [5.41, 5.74) is -0.507. The molecule has 1 atom stereocenters. The molecule has 2 heterocycles. The third kappa shape index (κ3) is 4.67. The van der Waals surface area contributed by atoms with Crippen LogP contribution in [0.25, 0.3) is 0 Å². The fourth-order valence-electron chi connectivity index (χ4n) is 2.89. The lowest BCUT2D eigenvalue weighted by atomic mass is 9.96. The molecule has 1 aliphatic heterocycles. The van der Waals surface area contributed by atoms with Crippen LogP contribution < -0.4 is 4.74 Å². The lowest BCUT2D eigenvalue weighted by Crippen LogP contribution is -2.38. The summed E-state index contributed by atoms with van der Waals surface area (Å²) in [5.74, 6) is 0.514. The highest BCUT2D eigenvalue weighted by Gasteiger charge is 2.32. The Kier molecular flexibility index (Phi) is 5.50. The van der Waals surface area contributed by atoms with Gasteiger partial charge in [-0.15, -0.1) is 0 Å². The minimum absolute atomic E-state index is 0.111. The molecule has 0 aliphatic carbocycles. The van der Waals surface area contributed by atoms with Gasteiger partial charge in [0, 0.05) is 30.5 Å². The molecule has 1 N–H and O–H groups in total. The molecule has 0 bridgehead atoms. The summed E-state index contributed by atoms with van der Waals surface area (Å²) in [7, 11) is 0. The predicted molar refractivity (Wildman–Crippen MR) is 93.7 cm³/mol. The van der Waals surface area contributed by atoms with Crippen LogP contribution in [0.5, 0.6) is 5.75 Å². The number of rotatable bonds is 4. The van der Waals surface area contributed by atoms with Gasteiger partial charge in [0.2, 0.25) is 0 Å². The third-order valence-corrected chi connectivity index (χ3v) is 4.55. The number of aromatic nitrogens is 2. The summed E-state index contributed by atoms with van der Waals surface area (Å²) in [6.45, 7) is 1.22. The number of likely N-dealkylation sites (tertiary alicyclic amines) is 1. The molecule has 1 amide bonds. The molecule has 1 fully saturated rings. The van der Waals surface area contributed by atoms with Crippen LogP contribution in [0, 0.1) is 0 Å². The number of halogens is 1. The zero-order valence-electron chi connectivity index (χ0n) is 13.8. The van der Waals surface area contributed by atoms with Crippen LogP contribution in [0.2, 0.25) is 5.02 Å². The molecule has 0 spiro atoms. The van der Waals surface area contributed by atoms with Crippen molar-refractivity contribution in [1.29, 1.82) is 0 Å². The molecular weight excluding hydrogens is 342 g/mol. The van der Waals surface area contributed by atoms with Crippen LogP contribution in [0.1, 0.15) is 29.6 Å². The second kappa shape index (κ2) is 7.80. The summed E-state index contributed by atoms with van der Waals surface area (Å²) in [6.07, 6.45) is 6.14. The molecule has 2 aromatic rings. The van der Waals surface area contributed by atoms with Crippen molar-refractivity contribution < 1.29 is 14.6 Å². The minimum atomic E-state index is -0.968. The Morgan fingerprint density at radius 2 is 2.08 bits per heavy atom. The molecule has 1 aromatic carbocycles. The van der Waals surface area contributed by atoms with Gasteiger partial charge in [0.05, 0.1) is 5.56 Å². The van der Waals surface area contributed by atoms with Crippen LogP contribution in [0.15, 0.2) is 43.0 Å². The molecule has 6 nitrogen and oxygen atoms in total. The quantitative estimate of drug-likeness (QED) is 0.905. The topological polar surface area (TPSA) is 75.6 Å². The van der Waals surface area contributed by atoms with E-state index in [2.05, 4.69) is 9.97 Å². The summed E-state index contributed by atoms with van der Waals surface area (Å²) >= 11 is 5.94. The minimum Gasteiger partial charge on any atom is -0.491 e. The molecule has 0 radical (unpaired) electrons. The summed E-state index contributed by atoms with van der Waals surface area (Å²) in [5, 5.41) is 11.4. The Morgan fingerprint density at radius 1 is 1.28 bits per heavy atom. The molecule has 1 saturated heterocycles. The SMILES string of the molecule is O=C(c1cncnc1)N1CCCC(O)(COc2cccc(Cl)c2)CC1. The highest BCUT2D eigenvalue weighted by Crippen LogP contribution is 2.25. The number of aliphatic hydroxyl groups is 1. The molecule has 25 heavy (non-hydrogen) atoms. The lowest BCUT2D eigenvalue weighted by Gasteiger charge is -2.27. The van der Waals surface area contributed by atoms with Gasteiger partial charge in [0.1, 0.15) is 24.3 Å². The molecular formula is C18H20ClN3O3. The van der Waals surface area contributed by atoms with E-state index >= 15 is 0 Å². The fraction of sp³-hybridized carbons (Fsp3) is 0.389. The van der Waals surface area contributed by atoms with Gasteiger partial charge in [-0.3, -0.25) is 4.79 Å². The van der Waals surface area contributed by atoms with E-state index < -0.39 is 5.60 Å². The summed E-state index contributed by atoms with van der Waals surface area (Å²) < 4.78 is 5.71. The number of carbonyl (C=O) groups is 1. The maximum atomic E-state index is 12.5. The molecule has 0 saturated carbocycles. The summed E-state index contributed by atoms with van der Waals surface area (Å²) in [4.78, 5) is 22.0. The Labute approximate surface area is 151 Å². The Morgan fingerprint density at radius 3 is 2.84 bits per heavy atom. The zero-order chi connectivity index (χ0) is 17.7. The van der Waals surface area contributed by atoms with E-state index in [0.29, 0.717) is 48.7 Å². The van der Waals surface area contributed by atoms with Crippen molar-refractivity contribution in [3.63, 3.8) is 0 Å².